The molecular formula is C14H14N2O3. The molecular weight excluding hydrogens is 244 g/mol. The van der Waals surface area contributed by atoms with Gasteiger partial charge < -0.3 is 10.4 Å². The van der Waals surface area contributed by atoms with E-state index >= 15 is 0 Å². The van der Waals surface area contributed by atoms with Crippen LogP contribution in [0.5, 0.6) is 0 Å². The summed E-state index contributed by atoms with van der Waals surface area (Å²) < 4.78 is 0. The van der Waals surface area contributed by atoms with Gasteiger partial charge in [0.05, 0.1) is 23.5 Å². The number of amides is 1. The lowest BCUT2D eigenvalue weighted by molar-refractivity contribution is -0.140. The number of aliphatic carboxylic acids is 1. The number of hydrogen-bond acceptors (Lipinski definition) is 3. The van der Waals surface area contributed by atoms with E-state index in [0.29, 0.717) is 11.3 Å². The van der Waals surface area contributed by atoms with Crippen molar-refractivity contribution in [3.05, 3.63) is 29.8 Å². The van der Waals surface area contributed by atoms with Crippen molar-refractivity contribution in [3.8, 4) is 6.07 Å². The first kappa shape index (κ1) is 13.1. The quantitative estimate of drug-likeness (QED) is 0.865. The van der Waals surface area contributed by atoms with E-state index in [2.05, 4.69) is 5.32 Å². The summed E-state index contributed by atoms with van der Waals surface area (Å²) >= 11 is 0. The molecule has 0 spiro atoms. The molecule has 0 bridgehead atoms. The molecule has 2 atom stereocenters. The number of benzene rings is 1. The first-order valence-electron chi connectivity index (χ1n) is 5.91. The molecule has 0 heterocycles. The summed E-state index contributed by atoms with van der Waals surface area (Å²) in [7, 11) is 0. The van der Waals surface area contributed by atoms with Gasteiger partial charge in [0, 0.05) is 5.69 Å². The second-order valence-electron chi connectivity index (χ2n) is 5.29. The highest BCUT2D eigenvalue weighted by Gasteiger charge is 2.65. The van der Waals surface area contributed by atoms with Crippen LogP contribution in [0.1, 0.15) is 19.4 Å². The number of rotatable bonds is 3. The van der Waals surface area contributed by atoms with E-state index in [1.165, 1.54) is 0 Å². The lowest BCUT2D eigenvalue weighted by Crippen LogP contribution is -2.17. The zero-order chi connectivity index (χ0) is 14.2. The van der Waals surface area contributed by atoms with E-state index in [4.69, 9.17) is 10.4 Å². The van der Waals surface area contributed by atoms with Crippen molar-refractivity contribution >= 4 is 17.6 Å². The number of carbonyl (C=O) groups excluding carboxylic acids is 1. The minimum Gasteiger partial charge on any atom is -0.481 e. The molecule has 0 radical (unpaired) electrons. The predicted molar refractivity (Wildman–Crippen MR) is 68.2 cm³/mol. The maximum absolute atomic E-state index is 12.0. The number of carboxylic acid groups (broad SMARTS) is 1. The van der Waals surface area contributed by atoms with Crippen LogP contribution in [0.2, 0.25) is 0 Å². The molecule has 1 aliphatic rings. The zero-order valence-corrected chi connectivity index (χ0v) is 10.7. The van der Waals surface area contributed by atoms with Crippen LogP contribution >= 0.6 is 0 Å². The molecule has 1 aromatic rings. The molecule has 1 aromatic carbocycles. The van der Waals surface area contributed by atoms with Crippen molar-refractivity contribution in [2.24, 2.45) is 17.3 Å². The molecule has 5 heteroatoms. The number of nitrogens with one attached hydrogen (secondary N) is 1. The van der Waals surface area contributed by atoms with Gasteiger partial charge in [0.15, 0.2) is 0 Å². The fourth-order valence-corrected chi connectivity index (χ4v) is 2.44. The number of nitrogens with zero attached hydrogens (tertiary/aromatic N) is 1. The lowest BCUT2D eigenvalue weighted by Gasteiger charge is -2.05. The van der Waals surface area contributed by atoms with Crippen LogP contribution in [0.3, 0.4) is 0 Å². The molecule has 2 rings (SSSR count). The van der Waals surface area contributed by atoms with E-state index in [-0.39, 0.29) is 5.91 Å². The second-order valence-corrected chi connectivity index (χ2v) is 5.29. The Balaban J connectivity index is 2.06. The van der Waals surface area contributed by atoms with E-state index in [0.717, 1.165) is 0 Å². The van der Waals surface area contributed by atoms with Gasteiger partial charge in [-0.2, -0.15) is 5.26 Å². The third kappa shape index (κ3) is 2.29. The normalized spacial score (nSPS) is 23.2. The van der Waals surface area contributed by atoms with Crippen LogP contribution in [0, 0.1) is 28.6 Å². The van der Waals surface area contributed by atoms with Gasteiger partial charge in [-0.3, -0.25) is 9.59 Å². The highest BCUT2D eigenvalue weighted by molar-refractivity contribution is 5.99. The van der Waals surface area contributed by atoms with Gasteiger partial charge in [0.25, 0.3) is 0 Å². The average Bonchev–Trinajstić information content (AvgIpc) is 2.93. The van der Waals surface area contributed by atoms with Crippen molar-refractivity contribution < 1.29 is 14.7 Å². The van der Waals surface area contributed by atoms with Crippen molar-refractivity contribution in [1.29, 1.82) is 5.26 Å². The summed E-state index contributed by atoms with van der Waals surface area (Å²) in [4.78, 5) is 23.0. The third-order valence-corrected chi connectivity index (χ3v) is 3.66. The number of nitriles is 1. The smallest absolute Gasteiger partial charge is 0.307 e. The van der Waals surface area contributed by atoms with Crippen molar-refractivity contribution in [2.45, 2.75) is 13.8 Å². The summed E-state index contributed by atoms with van der Waals surface area (Å²) in [5.74, 6) is -2.38. The number of carbonyl (C=O) groups is 2. The van der Waals surface area contributed by atoms with Gasteiger partial charge in [-0.15, -0.1) is 0 Å². The Morgan fingerprint density at radius 2 is 1.84 bits per heavy atom. The first-order valence-corrected chi connectivity index (χ1v) is 5.91. The molecule has 98 valence electrons. The summed E-state index contributed by atoms with van der Waals surface area (Å²) in [6.07, 6.45) is 0. The highest BCUT2D eigenvalue weighted by atomic mass is 16.4. The third-order valence-electron chi connectivity index (χ3n) is 3.66. The van der Waals surface area contributed by atoms with Crippen LogP contribution < -0.4 is 5.32 Å². The molecule has 0 aliphatic heterocycles. The average molecular weight is 258 g/mol. The minimum absolute atomic E-state index is 0.290. The zero-order valence-electron chi connectivity index (χ0n) is 10.7. The van der Waals surface area contributed by atoms with Crippen molar-refractivity contribution in [1.82, 2.24) is 0 Å². The molecule has 1 aliphatic carbocycles. The Morgan fingerprint density at radius 1 is 1.26 bits per heavy atom. The molecule has 2 unspecified atom stereocenters. The number of anilines is 1. The van der Waals surface area contributed by atoms with Crippen LogP contribution in [-0.2, 0) is 9.59 Å². The molecule has 1 fully saturated rings. The summed E-state index contributed by atoms with van der Waals surface area (Å²) in [5.41, 5.74) is 0.562. The van der Waals surface area contributed by atoms with E-state index in [1.54, 1.807) is 38.1 Å². The summed E-state index contributed by atoms with van der Waals surface area (Å²) in [6.45, 7) is 3.55. The van der Waals surface area contributed by atoms with E-state index in [1.807, 2.05) is 6.07 Å². The molecule has 0 aromatic heterocycles. The number of hydrogen-bond donors (Lipinski definition) is 2. The van der Waals surface area contributed by atoms with E-state index < -0.39 is 23.2 Å². The fourth-order valence-electron chi connectivity index (χ4n) is 2.44. The molecule has 0 saturated heterocycles. The van der Waals surface area contributed by atoms with Crippen LogP contribution in [0.15, 0.2) is 24.3 Å². The molecule has 19 heavy (non-hydrogen) atoms. The van der Waals surface area contributed by atoms with Crippen LogP contribution in [0.25, 0.3) is 0 Å². The Kier molecular flexibility index (Phi) is 3.03. The SMILES string of the molecule is CC1(C)C(C(=O)O)C1C(=O)Nc1ccc(C#N)cc1. The van der Waals surface area contributed by atoms with Gasteiger partial charge in [-0.1, -0.05) is 13.8 Å². The maximum atomic E-state index is 12.0. The standard InChI is InChI=1S/C14H14N2O3/c1-14(2)10(11(14)13(18)19)12(17)16-9-5-3-8(7-15)4-6-9/h3-6,10-11H,1-2H3,(H,16,17)(H,18,19). The lowest BCUT2D eigenvalue weighted by atomic mass is 10.1. The maximum Gasteiger partial charge on any atom is 0.307 e. The van der Waals surface area contributed by atoms with Gasteiger partial charge >= 0.3 is 5.97 Å². The first-order chi connectivity index (χ1) is 8.87. The summed E-state index contributed by atoms with van der Waals surface area (Å²) in [5, 5.41) is 20.4. The van der Waals surface area contributed by atoms with E-state index in [9.17, 15) is 9.59 Å². The van der Waals surface area contributed by atoms with Gasteiger partial charge in [-0.05, 0) is 29.7 Å². The van der Waals surface area contributed by atoms with Crippen LogP contribution in [-0.4, -0.2) is 17.0 Å². The predicted octanol–water partition coefficient (Wildman–Crippen LogP) is 1.85. The largest absolute Gasteiger partial charge is 0.481 e. The Morgan fingerprint density at radius 3 is 2.26 bits per heavy atom. The Bertz CT molecular complexity index is 569. The van der Waals surface area contributed by atoms with Crippen molar-refractivity contribution in [3.63, 3.8) is 0 Å². The highest BCUT2D eigenvalue weighted by Crippen LogP contribution is 2.58. The van der Waals surface area contributed by atoms with Crippen LogP contribution in [0.4, 0.5) is 5.69 Å². The minimum atomic E-state index is -0.940. The number of carboxylic acids is 1. The molecule has 1 amide bonds. The van der Waals surface area contributed by atoms with Crippen molar-refractivity contribution in [2.75, 3.05) is 5.32 Å². The Hall–Kier alpha value is -2.35. The monoisotopic (exact) mass is 258 g/mol. The van der Waals surface area contributed by atoms with Gasteiger partial charge in [0.2, 0.25) is 5.91 Å². The topological polar surface area (TPSA) is 90.2 Å². The second kappa shape index (κ2) is 4.39. The molecule has 1 saturated carbocycles. The molecule has 2 N–H and O–H groups in total. The van der Waals surface area contributed by atoms with Gasteiger partial charge in [-0.25, -0.2) is 0 Å². The van der Waals surface area contributed by atoms with Gasteiger partial charge in [0.1, 0.15) is 0 Å². The summed E-state index contributed by atoms with van der Waals surface area (Å²) in [6, 6.07) is 8.44. The Labute approximate surface area is 110 Å². The molecule has 5 nitrogen and oxygen atoms in total. The fraction of sp³-hybridized carbons (Fsp3) is 0.357.